The van der Waals surface area contributed by atoms with Crippen molar-refractivity contribution >= 4 is 17.7 Å². The number of amides is 1. The van der Waals surface area contributed by atoms with Gasteiger partial charge in [0, 0.05) is 12.1 Å². The van der Waals surface area contributed by atoms with Crippen molar-refractivity contribution in [2.75, 3.05) is 20.0 Å². The Morgan fingerprint density at radius 2 is 1.69 bits per heavy atom. The first kappa shape index (κ1) is 24.3. The van der Waals surface area contributed by atoms with Crippen molar-refractivity contribution in [3.8, 4) is 28.6 Å². The molecule has 180 valence electrons. The fraction of sp³-hybridized carbons (Fsp3) is 0.222. The van der Waals surface area contributed by atoms with Crippen LogP contribution in [-0.4, -0.2) is 40.6 Å². The Hall–Kier alpha value is -3.78. The fourth-order valence-electron chi connectivity index (χ4n) is 3.61. The van der Waals surface area contributed by atoms with E-state index in [1.54, 1.807) is 14.2 Å². The number of aryl methyl sites for hydroxylation is 2. The molecule has 0 fully saturated rings. The summed E-state index contributed by atoms with van der Waals surface area (Å²) in [5.41, 5.74) is 5.24. The minimum absolute atomic E-state index is 0.0966. The second kappa shape index (κ2) is 11.1. The Morgan fingerprint density at radius 3 is 2.40 bits per heavy atom. The van der Waals surface area contributed by atoms with Crippen LogP contribution in [0.4, 0.5) is 0 Å². The average Bonchev–Trinajstić information content (AvgIpc) is 3.32. The molecule has 1 aromatic heterocycles. The molecule has 0 aliphatic carbocycles. The lowest BCUT2D eigenvalue weighted by molar-refractivity contribution is -0.118. The highest BCUT2D eigenvalue weighted by Gasteiger charge is 2.18. The maximum atomic E-state index is 12.6. The van der Waals surface area contributed by atoms with Crippen molar-refractivity contribution in [3.63, 3.8) is 0 Å². The highest BCUT2D eigenvalue weighted by molar-refractivity contribution is 7.99. The van der Waals surface area contributed by atoms with E-state index in [0.29, 0.717) is 23.2 Å². The fourth-order valence-corrected chi connectivity index (χ4v) is 4.39. The van der Waals surface area contributed by atoms with Gasteiger partial charge in [0.1, 0.15) is 0 Å². The predicted octanol–water partition coefficient (Wildman–Crippen LogP) is 4.98. The smallest absolute Gasteiger partial charge is 0.230 e. The van der Waals surface area contributed by atoms with Crippen LogP contribution in [0.1, 0.15) is 16.7 Å². The van der Waals surface area contributed by atoms with E-state index in [2.05, 4.69) is 47.6 Å². The van der Waals surface area contributed by atoms with E-state index < -0.39 is 0 Å². The van der Waals surface area contributed by atoms with Gasteiger partial charge in [-0.3, -0.25) is 9.36 Å². The second-order valence-electron chi connectivity index (χ2n) is 8.03. The van der Waals surface area contributed by atoms with E-state index in [4.69, 9.17) is 9.47 Å². The Morgan fingerprint density at radius 1 is 0.914 bits per heavy atom. The van der Waals surface area contributed by atoms with E-state index in [1.807, 2.05) is 53.1 Å². The molecule has 0 unspecified atom stereocenters. The molecule has 0 aliphatic rings. The SMILES string of the molecule is COc1ccc(CNC(=O)CSc2nnc(-c3ccccc3)n2-c2ccc(C)c(C)c2)cc1OC. The summed E-state index contributed by atoms with van der Waals surface area (Å²) in [5, 5.41) is 12.5. The third-order valence-corrected chi connectivity index (χ3v) is 6.61. The van der Waals surface area contributed by atoms with Gasteiger partial charge < -0.3 is 14.8 Å². The number of aromatic nitrogens is 3. The molecule has 0 aliphatic heterocycles. The van der Waals surface area contributed by atoms with Crippen LogP contribution in [0.5, 0.6) is 11.5 Å². The van der Waals surface area contributed by atoms with Crippen molar-refractivity contribution < 1.29 is 14.3 Å². The lowest BCUT2D eigenvalue weighted by Crippen LogP contribution is -2.24. The Bertz CT molecular complexity index is 1320. The number of thioether (sulfide) groups is 1. The standard InChI is InChI=1S/C27H28N4O3S/c1-18-10-12-22(14-19(18)2)31-26(21-8-6-5-7-9-21)29-30-27(31)35-17-25(32)28-16-20-11-13-23(33-3)24(15-20)34-4/h5-15H,16-17H2,1-4H3,(H,28,32). The molecule has 1 N–H and O–H groups in total. The number of benzene rings is 3. The van der Waals surface area contributed by atoms with Gasteiger partial charge in [0.05, 0.1) is 25.7 Å². The first-order valence-electron chi connectivity index (χ1n) is 11.2. The summed E-state index contributed by atoms with van der Waals surface area (Å²) in [7, 11) is 3.18. The molecule has 8 heteroatoms. The molecule has 0 bridgehead atoms. The summed E-state index contributed by atoms with van der Waals surface area (Å²) >= 11 is 1.36. The van der Waals surface area contributed by atoms with Gasteiger partial charge >= 0.3 is 0 Å². The molecular formula is C27H28N4O3S. The summed E-state index contributed by atoms with van der Waals surface area (Å²) in [6.45, 7) is 4.56. The number of hydrogen-bond acceptors (Lipinski definition) is 6. The van der Waals surface area contributed by atoms with Crippen molar-refractivity contribution in [2.24, 2.45) is 0 Å². The second-order valence-corrected chi connectivity index (χ2v) is 8.97. The molecule has 4 aromatic rings. The molecule has 4 rings (SSSR count). The zero-order chi connectivity index (χ0) is 24.8. The number of methoxy groups -OCH3 is 2. The normalized spacial score (nSPS) is 10.7. The molecule has 7 nitrogen and oxygen atoms in total. The molecular weight excluding hydrogens is 460 g/mol. The average molecular weight is 489 g/mol. The molecule has 0 radical (unpaired) electrons. The van der Waals surface area contributed by atoms with E-state index in [1.165, 1.54) is 22.9 Å². The lowest BCUT2D eigenvalue weighted by Gasteiger charge is -2.12. The number of nitrogens with one attached hydrogen (secondary N) is 1. The van der Waals surface area contributed by atoms with Crippen molar-refractivity contribution in [3.05, 3.63) is 83.4 Å². The molecule has 3 aromatic carbocycles. The molecule has 1 amide bonds. The minimum atomic E-state index is -0.0966. The summed E-state index contributed by atoms with van der Waals surface area (Å²) < 4.78 is 12.6. The number of nitrogens with zero attached hydrogens (tertiary/aromatic N) is 3. The molecule has 0 spiro atoms. The summed E-state index contributed by atoms with van der Waals surface area (Å²) in [4.78, 5) is 12.6. The molecule has 0 atom stereocenters. The van der Waals surface area contributed by atoms with Crippen LogP contribution < -0.4 is 14.8 Å². The van der Waals surface area contributed by atoms with Crippen LogP contribution in [-0.2, 0) is 11.3 Å². The first-order chi connectivity index (χ1) is 17.0. The van der Waals surface area contributed by atoms with Gasteiger partial charge in [0.15, 0.2) is 22.5 Å². The van der Waals surface area contributed by atoms with Crippen LogP contribution in [0.3, 0.4) is 0 Å². The number of carbonyl (C=O) groups excluding carboxylic acids is 1. The summed E-state index contributed by atoms with van der Waals surface area (Å²) in [5.74, 6) is 2.13. The van der Waals surface area contributed by atoms with Gasteiger partial charge in [0.25, 0.3) is 0 Å². The molecule has 0 saturated carbocycles. The molecule has 0 saturated heterocycles. The zero-order valence-electron chi connectivity index (χ0n) is 20.2. The van der Waals surface area contributed by atoms with Crippen molar-refractivity contribution in [1.29, 1.82) is 0 Å². The Balaban J connectivity index is 1.50. The first-order valence-corrected chi connectivity index (χ1v) is 12.2. The van der Waals surface area contributed by atoms with Gasteiger partial charge in [-0.1, -0.05) is 54.2 Å². The van der Waals surface area contributed by atoms with Gasteiger partial charge in [-0.25, -0.2) is 0 Å². The van der Waals surface area contributed by atoms with Gasteiger partial charge in [-0.15, -0.1) is 10.2 Å². The predicted molar refractivity (Wildman–Crippen MR) is 138 cm³/mol. The van der Waals surface area contributed by atoms with E-state index in [-0.39, 0.29) is 11.7 Å². The number of carbonyl (C=O) groups is 1. The molecule has 1 heterocycles. The number of ether oxygens (including phenoxy) is 2. The number of hydrogen-bond donors (Lipinski definition) is 1. The molecule has 35 heavy (non-hydrogen) atoms. The van der Waals surface area contributed by atoms with Crippen molar-refractivity contribution in [1.82, 2.24) is 20.1 Å². The highest BCUT2D eigenvalue weighted by Crippen LogP contribution is 2.29. The number of rotatable bonds is 9. The Kier molecular flexibility index (Phi) is 7.72. The van der Waals surface area contributed by atoms with Crippen LogP contribution in [0.15, 0.2) is 71.9 Å². The van der Waals surface area contributed by atoms with E-state index >= 15 is 0 Å². The third kappa shape index (κ3) is 5.66. The van der Waals surface area contributed by atoms with Gasteiger partial charge in [-0.2, -0.15) is 0 Å². The summed E-state index contributed by atoms with van der Waals surface area (Å²) in [6.07, 6.45) is 0. The third-order valence-electron chi connectivity index (χ3n) is 5.68. The maximum absolute atomic E-state index is 12.6. The van der Waals surface area contributed by atoms with Crippen LogP contribution in [0, 0.1) is 13.8 Å². The van der Waals surface area contributed by atoms with E-state index in [0.717, 1.165) is 22.6 Å². The van der Waals surface area contributed by atoms with E-state index in [9.17, 15) is 4.79 Å². The van der Waals surface area contributed by atoms with Gasteiger partial charge in [0.2, 0.25) is 5.91 Å². The largest absolute Gasteiger partial charge is 0.493 e. The highest BCUT2D eigenvalue weighted by atomic mass is 32.2. The Labute approximate surface area is 209 Å². The van der Waals surface area contributed by atoms with Crippen molar-refractivity contribution in [2.45, 2.75) is 25.5 Å². The quantitative estimate of drug-likeness (QED) is 0.335. The zero-order valence-corrected chi connectivity index (χ0v) is 21.1. The topological polar surface area (TPSA) is 78.3 Å². The lowest BCUT2D eigenvalue weighted by atomic mass is 10.1. The van der Waals surface area contributed by atoms with Crippen LogP contribution in [0.2, 0.25) is 0 Å². The maximum Gasteiger partial charge on any atom is 0.230 e. The minimum Gasteiger partial charge on any atom is -0.493 e. The monoisotopic (exact) mass is 488 g/mol. The summed E-state index contributed by atoms with van der Waals surface area (Å²) in [6, 6.07) is 21.8. The van der Waals surface area contributed by atoms with Crippen LogP contribution >= 0.6 is 11.8 Å². The van der Waals surface area contributed by atoms with Crippen LogP contribution in [0.25, 0.3) is 17.1 Å². The van der Waals surface area contributed by atoms with Gasteiger partial charge in [-0.05, 0) is 54.8 Å².